The van der Waals surface area contributed by atoms with Gasteiger partial charge in [0, 0.05) is 37.2 Å². The van der Waals surface area contributed by atoms with E-state index < -0.39 is 4.87 Å². The number of alkyl halides is 1. The zero-order valence-electron chi connectivity index (χ0n) is 15.6. The number of piperidine rings is 1. The van der Waals surface area contributed by atoms with Gasteiger partial charge in [0.05, 0.1) is 4.87 Å². The molecule has 1 aromatic carbocycles. The number of hydrogen-bond acceptors (Lipinski definition) is 4. The molecule has 4 nitrogen and oxygen atoms in total. The minimum Gasteiger partial charge on any atom is -0.384 e. The van der Waals surface area contributed by atoms with Crippen LogP contribution in [0.5, 0.6) is 0 Å². The van der Waals surface area contributed by atoms with E-state index in [0.717, 1.165) is 44.0 Å². The summed E-state index contributed by atoms with van der Waals surface area (Å²) in [5, 5.41) is 3.71. The van der Waals surface area contributed by atoms with Gasteiger partial charge in [-0.3, -0.25) is 0 Å². The second-order valence-electron chi connectivity index (χ2n) is 7.47. The van der Waals surface area contributed by atoms with Gasteiger partial charge < -0.3 is 10.2 Å². The summed E-state index contributed by atoms with van der Waals surface area (Å²) in [6.07, 6.45) is 10.9. The Bertz CT molecular complexity index is 822. The zero-order chi connectivity index (χ0) is 18.7. The molecule has 1 unspecified atom stereocenters. The molecule has 1 fully saturated rings. The van der Waals surface area contributed by atoms with Crippen LogP contribution < -0.4 is 10.2 Å². The number of halogens is 1. The van der Waals surface area contributed by atoms with E-state index >= 15 is 0 Å². The smallest absolute Gasteiger partial charge is 0.225 e. The monoisotopic (exact) mass is 380 g/mol. The van der Waals surface area contributed by atoms with Gasteiger partial charge in [-0.1, -0.05) is 36.4 Å². The molecule has 2 heterocycles. The standard InChI is InChI=1S/C22H25ClN4/c1-22(23)16-18(17-6-3-2-4-7-17)8-9-20(22)26-19-10-14-27(15-11-19)21-24-12-5-13-25-21/h2-9,12-13,19,26H,10-11,14-16H2,1H3. The van der Waals surface area contributed by atoms with Crippen molar-refractivity contribution in [1.29, 1.82) is 0 Å². The van der Waals surface area contributed by atoms with Crippen molar-refractivity contribution in [2.24, 2.45) is 0 Å². The molecule has 0 radical (unpaired) electrons. The molecule has 2 aliphatic rings. The van der Waals surface area contributed by atoms with E-state index in [0.29, 0.717) is 6.04 Å². The third-order valence-electron chi connectivity index (χ3n) is 5.37. The lowest BCUT2D eigenvalue weighted by Gasteiger charge is -2.37. The van der Waals surface area contributed by atoms with E-state index in [1.165, 1.54) is 11.1 Å². The van der Waals surface area contributed by atoms with Gasteiger partial charge in [0.25, 0.3) is 0 Å². The summed E-state index contributed by atoms with van der Waals surface area (Å²) in [5.41, 5.74) is 3.66. The van der Waals surface area contributed by atoms with Gasteiger partial charge in [-0.15, -0.1) is 11.6 Å². The Hall–Kier alpha value is -2.33. The number of hydrogen-bond donors (Lipinski definition) is 1. The maximum Gasteiger partial charge on any atom is 0.225 e. The lowest BCUT2D eigenvalue weighted by molar-refractivity contribution is 0.426. The average Bonchev–Trinajstić information content (AvgIpc) is 2.71. The highest BCUT2D eigenvalue weighted by molar-refractivity contribution is 6.26. The van der Waals surface area contributed by atoms with Crippen LogP contribution in [0.15, 0.2) is 66.6 Å². The highest BCUT2D eigenvalue weighted by atomic mass is 35.5. The molecule has 1 aromatic heterocycles. The van der Waals surface area contributed by atoms with Gasteiger partial charge in [-0.2, -0.15) is 0 Å². The number of anilines is 1. The Morgan fingerprint density at radius 3 is 2.41 bits per heavy atom. The predicted molar refractivity (Wildman–Crippen MR) is 112 cm³/mol. The lowest BCUT2D eigenvalue weighted by Crippen LogP contribution is -2.45. The van der Waals surface area contributed by atoms with Crippen molar-refractivity contribution in [2.45, 2.75) is 37.1 Å². The first-order valence-electron chi connectivity index (χ1n) is 9.56. The highest BCUT2D eigenvalue weighted by Crippen LogP contribution is 2.38. The van der Waals surface area contributed by atoms with Crippen LogP contribution in [0.3, 0.4) is 0 Å². The largest absolute Gasteiger partial charge is 0.384 e. The summed E-state index contributed by atoms with van der Waals surface area (Å²) in [4.78, 5) is 10.6. The van der Waals surface area contributed by atoms with E-state index in [1.807, 2.05) is 12.1 Å². The quantitative estimate of drug-likeness (QED) is 0.798. The highest BCUT2D eigenvalue weighted by Gasteiger charge is 2.32. The Balaban J connectivity index is 1.41. The third-order valence-corrected chi connectivity index (χ3v) is 5.71. The van der Waals surface area contributed by atoms with Gasteiger partial charge in [0.15, 0.2) is 0 Å². The summed E-state index contributed by atoms with van der Waals surface area (Å²) in [5.74, 6) is 0.824. The molecule has 0 bridgehead atoms. The molecule has 27 heavy (non-hydrogen) atoms. The van der Waals surface area contributed by atoms with Crippen LogP contribution in [0.25, 0.3) is 5.57 Å². The molecule has 1 aliphatic heterocycles. The van der Waals surface area contributed by atoms with E-state index in [1.54, 1.807) is 12.4 Å². The zero-order valence-corrected chi connectivity index (χ0v) is 16.4. The van der Waals surface area contributed by atoms with Crippen molar-refractivity contribution >= 4 is 23.1 Å². The van der Waals surface area contributed by atoms with E-state index in [4.69, 9.17) is 11.6 Å². The molecule has 2 aromatic rings. The number of benzene rings is 1. The van der Waals surface area contributed by atoms with Crippen LogP contribution in [0.4, 0.5) is 5.95 Å². The van der Waals surface area contributed by atoms with E-state index in [-0.39, 0.29) is 0 Å². The molecule has 0 spiro atoms. The molecular formula is C22H25ClN4. The first-order chi connectivity index (χ1) is 13.1. The van der Waals surface area contributed by atoms with Crippen LogP contribution in [-0.2, 0) is 0 Å². The predicted octanol–water partition coefficient (Wildman–Crippen LogP) is 4.40. The summed E-state index contributed by atoms with van der Waals surface area (Å²) in [6, 6.07) is 12.8. The van der Waals surface area contributed by atoms with Crippen LogP contribution >= 0.6 is 11.6 Å². The van der Waals surface area contributed by atoms with Crippen molar-refractivity contribution in [3.05, 3.63) is 72.2 Å². The van der Waals surface area contributed by atoms with Gasteiger partial charge in [0.2, 0.25) is 5.95 Å². The van der Waals surface area contributed by atoms with Gasteiger partial charge >= 0.3 is 0 Å². The molecular weight excluding hydrogens is 356 g/mol. The number of nitrogens with zero attached hydrogens (tertiary/aromatic N) is 3. The lowest BCUT2D eigenvalue weighted by atomic mass is 9.87. The first kappa shape index (κ1) is 18.1. The number of allylic oxidation sites excluding steroid dienone is 4. The van der Waals surface area contributed by atoms with Crippen LogP contribution in [0, 0.1) is 0 Å². The molecule has 1 atom stereocenters. The number of rotatable bonds is 4. The summed E-state index contributed by atoms with van der Waals surface area (Å²) >= 11 is 6.92. The maximum atomic E-state index is 6.92. The molecule has 140 valence electrons. The Kier molecular flexibility index (Phi) is 5.17. The van der Waals surface area contributed by atoms with Crippen molar-refractivity contribution in [2.75, 3.05) is 18.0 Å². The SMILES string of the molecule is CC1(Cl)CC(c2ccccc2)=CC=C1NC1CCN(c2ncccn2)CC1. The normalized spacial score (nSPS) is 23.6. The third kappa shape index (κ3) is 4.16. The molecule has 0 amide bonds. The summed E-state index contributed by atoms with van der Waals surface area (Å²) in [7, 11) is 0. The van der Waals surface area contributed by atoms with Crippen molar-refractivity contribution in [3.8, 4) is 0 Å². The van der Waals surface area contributed by atoms with Crippen LogP contribution in [-0.4, -0.2) is 34.0 Å². The number of aromatic nitrogens is 2. The Morgan fingerprint density at radius 2 is 1.74 bits per heavy atom. The Labute approximate surface area is 166 Å². The Morgan fingerprint density at radius 1 is 1.04 bits per heavy atom. The number of nitrogens with one attached hydrogen (secondary N) is 1. The van der Waals surface area contributed by atoms with E-state index in [9.17, 15) is 0 Å². The fourth-order valence-electron chi connectivity index (χ4n) is 3.82. The molecule has 1 aliphatic carbocycles. The van der Waals surface area contributed by atoms with Gasteiger partial charge in [0.1, 0.15) is 0 Å². The van der Waals surface area contributed by atoms with Gasteiger partial charge in [-0.05, 0) is 49.5 Å². The van der Waals surface area contributed by atoms with E-state index in [2.05, 4.69) is 63.5 Å². The fourth-order valence-corrected chi connectivity index (χ4v) is 4.08. The summed E-state index contributed by atoms with van der Waals surface area (Å²) in [6.45, 7) is 4.02. The van der Waals surface area contributed by atoms with Crippen molar-refractivity contribution < 1.29 is 0 Å². The molecule has 1 N–H and O–H groups in total. The second kappa shape index (κ2) is 7.73. The fraction of sp³-hybridized carbons (Fsp3) is 0.364. The first-order valence-corrected chi connectivity index (χ1v) is 9.94. The van der Waals surface area contributed by atoms with Crippen molar-refractivity contribution in [3.63, 3.8) is 0 Å². The maximum absolute atomic E-state index is 6.92. The minimum atomic E-state index is -0.403. The molecule has 0 saturated carbocycles. The molecule has 4 rings (SSSR count). The minimum absolute atomic E-state index is 0.403. The van der Waals surface area contributed by atoms with Crippen molar-refractivity contribution in [1.82, 2.24) is 15.3 Å². The average molecular weight is 381 g/mol. The molecule has 5 heteroatoms. The second-order valence-corrected chi connectivity index (χ2v) is 8.30. The molecule has 1 saturated heterocycles. The van der Waals surface area contributed by atoms with Crippen LogP contribution in [0.2, 0.25) is 0 Å². The topological polar surface area (TPSA) is 41.0 Å². The van der Waals surface area contributed by atoms with Crippen LogP contribution in [0.1, 0.15) is 31.7 Å². The summed E-state index contributed by atoms with van der Waals surface area (Å²) < 4.78 is 0. The van der Waals surface area contributed by atoms with Gasteiger partial charge in [-0.25, -0.2) is 9.97 Å².